The number of hydrogen-bond acceptors (Lipinski definition) is 3. The maximum atomic E-state index is 12.3. The smallest absolute Gasteiger partial charge is 0.255 e. The van der Waals surface area contributed by atoms with Crippen molar-refractivity contribution >= 4 is 38.9 Å². The summed E-state index contributed by atoms with van der Waals surface area (Å²) < 4.78 is 22.9. The molecule has 1 unspecified atom stereocenters. The Balaban J connectivity index is 2.22. The van der Waals surface area contributed by atoms with Crippen molar-refractivity contribution in [2.45, 2.75) is 12.5 Å². The lowest BCUT2D eigenvalue weighted by atomic mass is 10.1. The monoisotopic (exact) mass is 321 g/mol. The van der Waals surface area contributed by atoms with Gasteiger partial charge in [0.15, 0.2) is 9.84 Å². The number of carbonyl (C=O) groups is 1. The molecule has 2 rings (SSSR count). The number of amides is 1. The Morgan fingerprint density at radius 2 is 2.05 bits per heavy atom. The largest absolute Gasteiger partial charge is 0.338 e. The number of carbonyl (C=O) groups excluding carboxylic acids is 1. The van der Waals surface area contributed by atoms with Gasteiger partial charge in [0.25, 0.3) is 5.91 Å². The Morgan fingerprint density at radius 1 is 1.37 bits per heavy atom. The van der Waals surface area contributed by atoms with Crippen LogP contribution in [0.3, 0.4) is 0 Å². The maximum Gasteiger partial charge on any atom is 0.255 e. The second kappa shape index (κ2) is 5.31. The van der Waals surface area contributed by atoms with Crippen LogP contribution >= 0.6 is 23.2 Å². The number of halogens is 2. The van der Waals surface area contributed by atoms with E-state index in [9.17, 15) is 13.2 Å². The summed E-state index contributed by atoms with van der Waals surface area (Å²) in [5.41, 5.74) is 0.293. The molecule has 0 spiro atoms. The van der Waals surface area contributed by atoms with Crippen LogP contribution in [0, 0.1) is 0 Å². The second-order valence-electron chi connectivity index (χ2n) is 4.60. The Labute approximate surface area is 122 Å². The third-order valence-electron chi connectivity index (χ3n) is 3.24. The van der Waals surface area contributed by atoms with Crippen LogP contribution < -0.4 is 0 Å². The summed E-state index contributed by atoms with van der Waals surface area (Å²) in [6.07, 6.45) is 0.461. The van der Waals surface area contributed by atoms with Crippen molar-refractivity contribution < 1.29 is 13.2 Å². The van der Waals surface area contributed by atoms with E-state index in [4.69, 9.17) is 23.2 Å². The summed E-state index contributed by atoms with van der Waals surface area (Å²) in [4.78, 5) is 13.7. The minimum Gasteiger partial charge on any atom is -0.338 e. The summed E-state index contributed by atoms with van der Waals surface area (Å²) in [6.45, 7) is 0. The highest BCUT2D eigenvalue weighted by atomic mass is 35.5. The van der Waals surface area contributed by atoms with Crippen LogP contribution in [0.4, 0.5) is 0 Å². The van der Waals surface area contributed by atoms with Crippen LogP contribution in [0.2, 0.25) is 10.0 Å². The van der Waals surface area contributed by atoms with E-state index in [-0.39, 0.29) is 23.5 Å². The van der Waals surface area contributed by atoms with E-state index < -0.39 is 9.84 Å². The van der Waals surface area contributed by atoms with Crippen molar-refractivity contribution in [3.05, 3.63) is 33.8 Å². The fourth-order valence-electron chi connectivity index (χ4n) is 2.10. The van der Waals surface area contributed by atoms with Gasteiger partial charge in [0.2, 0.25) is 0 Å². The molecule has 7 heteroatoms. The minimum absolute atomic E-state index is 0.00737. The molecule has 1 aliphatic rings. The van der Waals surface area contributed by atoms with Gasteiger partial charge in [0, 0.05) is 18.1 Å². The zero-order valence-electron chi connectivity index (χ0n) is 10.3. The van der Waals surface area contributed by atoms with Crippen molar-refractivity contribution in [3.8, 4) is 0 Å². The quantitative estimate of drug-likeness (QED) is 0.839. The fourth-order valence-corrected chi connectivity index (χ4v) is 4.24. The molecule has 4 nitrogen and oxygen atoms in total. The second-order valence-corrected chi connectivity index (χ2v) is 7.67. The summed E-state index contributed by atoms with van der Waals surface area (Å²) in [5.74, 6) is -0.180. The molecule has 0 saturated carbocycles. The van der Waals surface area contributed by atoms with Crippen LogP contribution in [0.25, 0.3) is 0 Å². The van der Waals surface area contributed by atoms with Crippen LogP contribution in [0.15, 0.2) is 18.2 Å². The van der Waals surface area contributed by atoms with E-state index in [1.807, 2.05) is 0 Å². The molecular formula is C12H13Cl2NO3S. The van der Waals surface area contributed by atoms with E-state index in [1.54, 1.807) is 19.2 Å². The predicted octanol–water partition coefficient (Wildman–Crippen LogP) is 2.25. The molecule has 1 aliphatic heterocycles. The van der Waals surface area contributed by atoms with E-state index in [0.29, 0.717) is 22.0 Å². The minimum atomic E-state index is -3.03. The van der Waals surface area contributed by atoms with Gasteiger partial charge in [-0.2, -0.15) is 0 Å². The normalized spacial score (nSPS) is 21.3. The fraction of sp³-hybridized carbons (Fsp3) is 0.417. The van der Waals surface area contributed by atoms with Gasteiger partial charge in [-0.3, -0.25) is 4.79 Å². The highest BCUT2D eigenvalue weighted by Gasteiger charge is 2.33. The zero-order valence-corrected chi connectivity index (χ0v) is 12.6. The average Bonchev–Trinajstić information content (AvgIpc) is 2.71. The van der Waals surface area contributed by atoms with Gasteiger partial charge >= 0.3 is 0 Å². The standard InChI is InChI=1S/C12H13Cl2NO3S/c1-15(9-4-5-19(17,18)7-9)12(16)10-6-8(13)2-3-11(10)14/h2-3,6,9H,4-5,7H2,1H3. The molecule has 0 aliphatic carbocycles. The van der Waals surface area contributed by atoms with E-state index in [2.05, 4.69) is 0 Å². The van der Waals surface area contributed by atoms with Crippen molar-refractivity contribution in [1.82, 2.24) is 4.90 Å². The van der Waals surface area contributed by atoms with Gasteiger partial charge in [0.05, 0.1) is 22.1 Å². The van der Waals surface area contributed by atoms with Gasteiger partial charge in [-0.05, 0) is 24.6 Å². The van der Waals surface area contributed by atoms with Gasteiger partial charge < -0.3 is 4.90 Å². The predicted molar refractivity (Wildman–Crippen MR) is 75.6 cm³/mol. The van der Waals surface area contributed by atoms with Gasteiger partial charge in [0.1, 0.15) is 0 Å². The molecule has 1 fully saturated rings. The van der Waals surface area contributed by atoms with Crippen LogP contribution in [0.1, 0.15) is 16.8 Å². The summed E-state index contributed by atoms with van der Waals surface area (Å²) in [6, 6.07) is 4.34. The van der Waals surface area contributed by atoms with Crippen LogP contribution in [-0.4, -0.2) is 43.8 Å². The van der Waals surface area contributed by atoms with Gasteiger partial charge in [-0.25, -0.2) is 8.42 Å². The molecule has 1 heterocycles. The third kappa shape index (κ3) is 3.22. The molecule has 1 aromatic rings. The molecular weight excluding hydrogens is 309 g/mol. The van der Waals surface area contributed by atoms with E-state index in [1.165, 1.54) is 11.0 Å². The third-order valence-corrected chi connectivity index (χ3v) is 5.55. The number of nitrogens with zero attached hydrogens (tertiary/aromatic N) is 1. The molecule has 1 saturated heterocycles. The molecule has 19 heavy (non-hydrogen) atoms. The van der Waals surface area contributed by atoms with Gasteiger partial charge in [-0.15, -0.1) is 0 Å². The van der Waals surface area contributed by atoms with Crippen LogP contribution in [0.5, 0.6) is 0 Å². The van der Waals surface area contributed by atoms with Crippen molar-refractivity contribution in [1.29, 1.82) is 0 Å². The van der Waals surface area contributed by atoms with Crippen molar-refractivity contribution in [3.63, 3.8) is 0 Å². The maximum absolute atomic E-state index is 12.3. The molecule has 0 N–H and O–H groups in total. The number of hydrogen-bond donors (Lipinski definition) is 0. The Hall–Kier alpha value is -0.780. The molecule has 1 atom stereocenters. The van der Waals surface area contributed by atoms with Crippen LogP contribution in [-0.2, 0) is 9.84 Å². The van der Waals surface area contributed by atoms with Crippen molar-refractivity contribution in [2.24, 2.45) is 0 Å². The summed E-state index contributed by atoms with van der Waals surface area (Å²) >= 11 is 11.8. The van der Waals surface area contributed by atoms with E-state index >= 15 is 0 Å². The van der Waals surface area contributed by atoms with Gasteiger partial charge in [-0.1, -0.05) is 23.2 Å². The van der Waals surface area contributed by atoms with E-state index in [0.717, 1.165) is 0 Å². The lowest BCUT2D eigenvalue weighted by Gasteiger charge is -2.23. The zero-order chi connectivity index (χ0) is 14.2. The Bertz CT molecular complexity index is 615. The first-order valence-corrected chi connectivity index (χ1v) is 8.30. The number of rotatable bonds is 2. The molecule has 0 bridgehead atoms. The first kappa shape index (κ1) is 14.6. The summed E-state index contributed by atoms with van der Waals surface area (Å²) in [5, 5.41) is 0.724. The first-order valence-electron chi connectivity index (χ1n) is 5.73. The molecule has 104 valence electrons. The average molecular weight is 322 g/mol. The Kier molecular flexibility index (Phi) is 4.08. The summed E-state index contributed by atoms with van der Waals surface area (Å²) in [7, 11) is -1.44. The highest BCUT2D eigenvalue weighted by Crippen LogP contribution is 2.24. The van der Waals surface area contributed by atoms with Crippen molar-refractivity contribution in [2.75, 3.05) is 18.6 Å². The topological polar surface area (TPSA) is 54.5 Å². The SMILES string of the molecule is CN(C(=O)c1cc(Cl)ccc1Cl)C1CCS(=O)(=O)C1. The highest BCUT2D eigenvalue weighted by molar-refractivity contribution is 7.91. The molecule has 0 radical (unpaired) electrons. The molecule has 1 amide bonds. The number of sulfone groups is 1. The molecule has 1 aromatic carbocycles. The lowest BCUT2D eigenvalue weighted by molar-refractivity contribution is 0.0748. The molecule has 0 aromatic heterocycles. The Morgan fingerprint density at radius 3 is 2.63 bits per heavy atom. The lowest BCUT2D eigenvalue weighted by Crippen LogP contribution is -2.37. The number of benzene rings is 1. The first-order chi connectivity index (χ1) is 8.80.